The Bertz CT molecular complexity index is 829. The quantitative estimate of drug-likeness (QED) is 0.652. The standard InChI is InChI=1S/C21H24BrClN2O3/c1-27-19-11-18(20(28-2)10-17(19)23)24-21(26)15-4-3-9-25(13-15)12-14-5-7-16(22)8-6-14/h5-8,10-11,15H,3-4,9,12-13H2,1-2H3,(H,24,26). The Morgan fingerprint density at radius 2 is 1.93 bits per heavy atom. The minimum absolute atomic E-state index is 0.0109. The third-order valence-electron chi connectivity index (χ3n) is 4.93. The van der Waals surface area contributed by atoms with Gasteiger partial charge in [0.15, 0.2) is 0 Å². The van der Waals surface area contributed by atoms with E-state index in [1.807, 2.05) is 12.1 Å². The van der Waals surface area contributed by atoms with Gasteiger partial charge in [-0.15, -0.1) is 0 Å². The van der Waals surface area contributed by atoms with Gasteiger partial charge in [-0.1, -0.05) is 39.7 Å². The summed E-state index contributed by atoms with van der Waals surface area (Å²) in [5, 5.41) is 3.43. The van der Waals surface area contributed by atoms with Gasteiger partial charge in [0.05, 0.1) is 30.8 Å². The van der Waals surface area contributed by atoms with Crippen molar-refractivity contribution in [3.8, 4) is 11.5 Å². The molecular formula is C21H24BrClN2O3. The number of nitrogens with one attached hydrogen (secondary N) is 1. The van der Waals surface area contributed by atoms with E-state index in [0.29, 0.717) is 22.2 Å². The lowest BCUT2D eigenvalue weighted by Gasteiger charge is -2.32. The minimum Gasteiger partial charge on any atom is -0.495 e. The van der Waals surface area contributed by atoms with Crippen LogP contribution in [0.25, 0.3) is 0 Å². The van der Waals surface area contributed by atoms with Crippen molar-refractivity contribution in [3.63, 3.8) is 0 Å². The molecular weight excluding hydrogens is 444 g/mol. The van der Waals surface area contributed by atoms with Crippen LogP contribution in [-0.4, -0.2) is 38.1 Å². The smallest absolute Gasteiger partial charge is 0.228 e. The lowest BCUT2D eigenvalue weighted by Crippen LogP contribution is -2.40. The number of halogens is 2. The summed E-state index contributed by atoms with van der Waals surface area (Å²) in [5.74, 6) is 0.929. The van der Waals surface area contributed by atoms with E-state index in [1.165, 1.54) is 5.56 Å². The van der Waals surface area contributed by atoms with Gasteiger partial charge in [-0.25, -0.2) is 0 Å². The van der Waals surface area contributed by atoms with E-state index >= 15 is 0 Å². The highest BCUT2D eigenvalue weighted by atomic mass is 79.9. The number of ether oxygens (including phenoxy) is 2. The van der Waals surface area contributed by atoms with Crippen molar-refractivity contribution in [1.29, 1.82) is 0 Å². The molecule has 1 saturated heterocycles. The van der Waals surface area contributed by atoms with Crippen LogP contribution in [0.15, 0.2) is 40.9 Å². The number of benzene rings is 2. The number of amides is 1. The van der Waals surface area contributed by atoms with E-state index in [4.69, 9.17) is 21.1 Å². The molecule has 1 amide bonds. The number of hydrogen-bond acceptors (Lipinski definition) is 4. The summed E-state index contributed by atoms with van der Waals surface area (Å²) in [5.41, 5.74) is 1.81. The van der Waals surface area contributed by atoms with Crippen molar-refractivity contribution in [2.45, 2.75) is 19.4 Å². The molecule has 3 rings (SSSR count). The molecule has 0 aromatic heterocycles. The van der Waals surface area contributed by atoms with E-state index in [9.17, 15) is 4.79 Å². The average Bonchev–Trinajstić information content (AvgIpc) is 2.70. The molecule has 1 aliphatic heterocycles. The highest BCUT2D eigenvalue weighted by molar-refractivity contribution is 9.10. The second-order valence-corrected chi connectivity index (χ2v) is 8.20. The van der Waals surface area contributed by atoms with Crippen molar-refractivity contribution in [1.82, 2.24) is 4.90 Å². The van der Waals surface area contributed by atoms with Crippen molar-refractivity contribution < 1.29 is 14.3 Å². The molecule has 2 aromatic carbocycles. The van der Waals surface area contributed by atoms with Crippen LogP contribution in [0.3, 0.4) is 0 Å². The number of methoxy groups -OCH3 is 2. The zero-order chi connectivity index (χ0) is 20.1. The van der Waals surface area contributed by atoms with Gasteiger partial charge in [-0.3, -0.25) is 9.69 Å². The molecule has 28 heavy (non-hydrogen) atoms. The van der Waals surface area contributed by atoms with E-state index in [1.54, 1.807) is 26.4 Å². The molecule has 1 heterocycles. The van der Waals surface area contributed by atoms with E-state index in [0.717, 1.165) is 36.9 Å². The molecule has 0 spiro atoms. The molecule has 1 fully saturated rings. The van der Waals surface area contributed by atoms with Crippen molar-refractivity contribution in [3.05, 3.63) is 51.5 Å². The molecule has 1 atom stereocenters. The number of carbonyl (C=O) groups is 1. The van der Waals surface area contributed by atoms with Crippen LogP contribution in [0.5, 0.6) is 11.5 Å². The Kier molecular flexibility index (Phi) is 7.21. The first-order valence-corrected chi connectivity index (χ1v) is 10.4. The fourth-order valence-corrected chi connectivity index (χ4v) is 3.95. The number of rotatable bonds is 6. The van der Waals surface area contributed by atoms with Crippen molar-refractivity contribution in [2.75, 3.05) is 32.6 Å². The molecule has 5 nitrogen and oxygen atoms in total. The number of hydrogen-bond donors (Lipinski definition) is 1. The predicted molar refractivity (Wildman–Crippen MR) is 115 cm³/mol. The first-order chi connectivity index (χ1) is 13.5. The van der Waals surface area contributed by atoms with Crippen LogP contribution in [0, 0.1) is 5.92 Å². The van der Waals surface area contributed by atoms with Gasteiger partial charge in [0, 0.05) is 29.7 Å². The SMILES string of the molecule is COc1cc(NC(=O)C2CCCN(Cc3ccc(Br)cc3)C2)c(OC)cc1Cl. The summed E-state index contributed by atoms with van der Waals surface area (Å²) in [6, 6.07) is 11.7. The first-order valence-electron chi connectivity index (χ1n) is 9.19. The monoisotopic (exact) mass is 466 g/mol. The lowest BCUT2D eigenvalue weighted by molar-refractivity contribution is -0.121. The highest BCUT2D eigenvalue weighted by Gasteiger charge is 2.26. The fourth-order valence-electron chi connectivity index (χ4n) is 3.45. The molecule has 0 aliphatic carbocycles. The third-order valence-corrected chi connectivity index (χ3v) is 5.75. The van der Waals surface area contributed by atoms with Crippen LogP contribution in [0.1, 0.15) is 18.4 Å². The minimum atomic E-state index is -0.0735. The highest BCUT2D eigenvalue weighted by Crippen LogP contribution is 2.36. The van der Waals surface area contributed by atoms with Crippen LogP contribution < -0.4 is 14.8 Å². The van der Waals surface area contributed by atoms with Gasteiger partial charge in [-0.2, -0.15) is 0 Å². The largest absolute Gasteiger partial charge is 0.495 e. The van der Waals surface area contributed by atoms with Crippen LogP contribution in [0.4, 0.5) is 5.69 Å². The summed E-state index contributed by atoms with van der Waals surface area (Å²) in [4.78, 5) is 15.2. The summed E-state index contributed by atoms with van der Waals surface area (Å²) in [6.07, 6.45) is 1.87. The van der Waals surface area contributed by atoms with E-state index in [2.05, 4.69) is 38.3 Å². The van der Waals surface area contributed by atoms with Gasteiger partial charge in [0.1, 0.15) is 11.5 Å². The maximum absolute atomic E-state index is 12.9. The van der Waals surface area contributed by atoms with Gasteiger partial charge in [-0.05, 0) is 37.1 Å². The maximum Gasteiger partial charge on any atom is 0.228 e. The molecule has 1 aliphatic rings. The Labute approximate surface area is 179 Å². The Hall–Kier alpha value is -1.76. The summed E-state index contributed by atoms with van der Waals surface area (Å²) < 4.78 is 11.7. The van der Waals surface area contributed by atoms with Crippen molar-refractivity contribution in [2.24, 2.45) is 5.92 Å². The van der Waals surface area contributed by atoms with Crippen LogP contribution >= 0.6 is 27.5 Å². The predicted octanol–water partition coefficient (Wildman–Crippen LogP) is 4.97. The Morgan fingerprint density at radius 3 is 2.61 bits per heavy atom. The van der Waals surface area contributed by atoms with Crippen molar-refractivity contribution >= 4 is 39.1 Å². The normalized spacial score (nSPS) is 17.2. The second-order valence-electron chi connectivity index (χ2n) is 6.88. The zero-order valence-electron chi connectivity index (χ0n) is 16.0. The number of likely N-dealkylation sites (tertiary alicyclic amines) is 1. The van der Waals surface area contributed by atoms with Crippen LogP contribution in [0.2, 0.25) is 5.02 Å². The third kappa shape index (κ3) is 5.19. The molecule has 0 radical (unpaired) electrons. The molecule has 150 valence electrons. The topological polar surface area (TPSA) is 50.8 Å². The summed E-state index contributed by atoms with van der Waals surface area (Å²) in [6.45, 7) is 2.57. The fraction of sp³-hybridized carbons (Fsp3) is 0.381. The molecule has 1 N–H and O–H groups in total. The van der Waals surface area contributed by atoms with E-state index in [-0.39, 0.29) is 11.8 Å². The van der Waals surface area contributed by atoms with Gasteiger partial charge < -0.3 is 14.8 Å². The summed E-state index contributed by atoms with van der Waals surface area (Å²) >= 11 is 9.61. The van der Waals surface area contributed by atoms with Gasteiger partial charge >= 0.3 is 0 Å². The lowest BCUT2D eigenvalue weighted by atomic mass is 9.96. The number of nitrogens with zero attached hydrogens (tertiary/aromatic N) is 1. The number of carbonyl (C=O) groups excluding carboxylic acids is 1. The van der Waals surface area contributed by atoms with Crippen LogP contribution in [-0.2, 0) is 11.3 Å². The van der Waals surface area contributed by atoms with Gasteiger partial charge in [0.2, 0.25) is 5.91 Å². The zero-order valence-corrected chi connectivity index (χ0v) is 18.3. The molecule has 0 saturated carbocycles. The molecule has 1 unspecified atom stereocenters. The molecule has 2 aromatic rings. The van der Waals surface area contributed by atoms with Gasteiger partial charge in [0.25, 0.3) is 0 Å². The second kappa shape index (κ2) is 9.63. The summed E-state index contributed by atoms with van der Waals surface area (Å²) in [7, 11) is 3.09. The maximum atomic E-state index is 12.9. The Morgan fingerprint density at radius 1 is 1.21 bits per heavy atom. The Balaban J connectivity index is 1.66. The number of anilines is 1. The first kappa shape index (κ1) is 21.0. The number of piperidine rings is 1. The molecule has 0 bridgehead atoms. The average molecular weight is 468 g/mol. The molecule has 7 heteroatoms. The van der Waals surface area contributed by atoms with E-state index < -0.39 is 0 Å².